The zero-order valence-corrected chi connectivity index (χ0v) is 9.71. The molecule has 0 radical (unpaired) electrons. The van der Waals surface area contributed by atoms with Crippen LogP contribution in [0.15, 0.2) is 23.8 Å². The van der Waals surface area contributed by atoms with Gasteiger partial charge in [0, 0.05) is 5.41 Å². The van der Waals surface area contributed by atoms with Gasteiger partial charge in [-0.05, 0) is 38.5 Å². The van der Waals surface area contributed by atoms with Gasteiger partial charge in [0.25, 0.3) is 0 Å². The molecule has 0 aromatic rings. The lowest BCUT2D eigenvalue weighted by Crippen LogP contribution is -2.55. The Bertz CT molecular complexity index is 404. The first kappa shape index (κ1) is 9.38. The molecular weight excluding hydrogens is 184 g/mol. The summed E-state index contributed by atoms with van der Waals surface area (Å²) in [6, 6.07) is 0. The summed E-state index contributed by atoms with van der Waals surface area (Å²) in [5.74, 6) is 1.42. The van der Waals surface area contributed by atoms with Crippen molar-refractivity contribution < 1.29 is 4.79 Å². The van der Waals surface area contributed by atoms with E-state index in [4.69, 9.17) is 0 Å². The van der Waals surface area contributed by atoms with E-state index in [0.29, 0.717) is 17.6 Å². The fourth-order valence-corrected chi connectivity index (χ4v) is 4.13. The van der Waals surface area contributed by atoms with Crippen LogP contribution in [-0.4, -0.2) is 5.78 Å². The minimum absolute atomic E-state index is 0.114. The molecule has 0 spiro atoms. The van der Waals surface area contributed by atoms with E-state index in [0.717, 1.165) is 6.42 Å². The van der Waals surface area contributed by atoms with Crippen LogP contribution in [0, 0.1) is 22.7 Å². The molecular formula is C14H18O. The molecule has 1 heteroatoms. The lowest BCUT2D eigenvalue weighted by molar-refractivity contribution is -0.146. The SMILES string of the molecule is CC1=CC2(C)C(=O)C3(C)CC=CC2CC13. The van der Waals surface area contributed by atoms with Crippen molar-refractivity contribution in [3.8, 4) is 0 Å². The first-order chi connectivity index (χ1) is 6.98. The van der Waals surface area contributed by atoms with Crippen LogP contribution in [0.3, 0.4) is 0 Å². The highest BCUT2D eigenvalue weighted by Crippen LogP contribution is 2.61. The highest BCUT2D eigenvalue weighted by Gasteiger charge is 2.60. The smallest absolute Gasteiger partial charge is 0.149 e. The van der Waals surface area contributed by atoms with Crippen LogP contribution in [0.2, 0.25) is 0 Å². The molecule has 1 fully saturated rings. The maximum atomic E-state index is 12.6. The molecule has 4 atom stereocenters. The van der Waals surface area contributed by atoms with Crippen LogP contribution in [-0.2, 0) is 4.79 Å². The maximum absolute atomic E-state index is 12.6. The molecule has 0 aromatic heterocycles. The molecule has 4 unspecified atom stereocenters. The summed E-state index contributed by atoms with van der Waals surface area (Å²) in [6.45, 7) is 6.50. The van der Waals surface area contributed by atoms with Crippen molar-refractivity contribution in [3.63, 3.8) is 0 Å². The van der Waals surface area contributed by atoms with Crippen molar-refractivity contribution in [2.24, 2.45) is 22.7 Å². The summed E-state index contributed by atoms with van der Waals surface area (Å²) >= 11 is 0. The van der Waals surface area contributed by atoms with E-state index in [1.165, 1.54) is 12.0 Å². The van der Waals surface area contributed by atoms with Crippen molar-refractivity contribution in [3.05, 3.63) is 23.8 Å². The van der Waals surface area contributed by atoms with E-state index in [2.05, 4.69) is 39.0 Å². The fourth-order valence-electron chi connectivity index (χ4n) is 4.13. The van der Waals surface area contributed by atoms with Gasteiger partial charge in [-0.1, -0.05) is 30.7 Å². The number of ketones is 1. The summed E-state index contributed by atoms with van der Waals surface area (Å²) in [5, 5.41) is 0. The van der Waals surface area contributed by atoms with Gasteiger partial charge >= 0.3 is 0 Å². The van der Waals surface area contributed by atoms with Gasteiger partial charge in [-0.2, -0.15) is 0 Å². The zero-order valence-electron chi connectivity index (χ0n) is 9.71. The summed E-state index contributed by atoms with van der Waals surface area (Å²) in [6.07, 6.45) is 8.88. The standard InChI is InChI=1S/C14H18O/c1-9-8-14(3)10-5-4-6-13(2,12(14)15)11(9)7-10/h4-5,8,10-11H,6-7H2,1-3H3. The van der Waals surface area contributed by atoms with Crippen LogP contribution in [0.25, 0.3) is 0 Å². The molecule has 0 aliphatic heterocycles. The maximum Gasteiger partial charge on any atom is 0.149 e. The van der Waals surface area contributed by atoms with E-state index < -0.39 is 0 Å². The second-order valence-corrected chi connectivity index (χ2v) is 5.94. The number of Topliss-reactive ketones (excluding diaryl/α,β-unsaturated/α-hetero) is 1. The topological polar surface area (TPSA) is 17.1 Å². The largest absolute Gasteiger partial charge is 0.298 e. The van der Waals surface area contributed by atoms with E-state index in [1.807, 2.05) is 0 Å². The Morgan fingerprint density at radius 2 is 2.13 bits per heavy atom. The Labute approximate surface area is 91.2 Å². The number of hydrogen-bond acceptors (Lipinski definition) is 1. The molecule has 0 heterocycles. The third-order valence-corrected chi connectivity index (χ3v) is 5.02. The average Bonchev–Trinajstić information content (AvgIpc) is 2.37. The van der Waals surface area contributed by atoms with Gasteiger partial charge in [-0.3, -0.25) is 4.79 Å². The van der Waals surface area contributed by atoms with Crippen LogP contribution in [0.5, 0.6) is 0 Å². The van der Waals surface area contributed by atoms with E-state index >= 15 is 0 Å². The van der Waals surface area contributed by atoms with Crippen molar-refractivity contribution in [2.45, 2.75) is 33.6 Å². The summed E-state index contributed by atoms with van der Waals surface area (Å²) in [5.41, 5.74) is 1.12. The van der Waals surface area contributed by atoms with Crippen molar-refractivity contribution >= 4 is 5.78 Å². The minimum Gasteiger partial charge on any atom is -0.298 e. The van der Waals surface area contributed by atoms with Crippen LogP contribution in [0.4, 0.5) is 0 Å². The van der Waals surface area contributed by atoms with Crippen molar-refractivity contribution in [1.82, 2.24) is 0 Å². The number of rotatable bonds is 0. The molecule has 0 N–H and O–H groups in total. The molecule has 15 heavy (non-hydrogen) atoms. The molecule has 5 rings (SSSR count). The van der Waals surface area contributed by atoms with Gasteiger partial charge in [0.15, 0.2) is 0 Å². The van der Waals surface area contributed by atoms with Crippen molar-refractivity contribution in [2.75, 3.05) is 0 Å². The van der Waals surface area contributed by atoms with E-state index in [-0.39, 0.29) is 10.8 Å². The number of hydrogen-bond donors (Lipinski definition) is 0. The average molecular weight is 202 g/mol. The third-order valence-electron chi connectivity index (χ3n) is 5.02. The Morgan fingerprint density at radius 3 is 2.87 bits per heavy atom. The highest BCUT2D eigenvalue weighted by atomic mass is 16.1. The molecule has 5 aliphatic rings. The fraction of sp³-hybridized carbons (Fsp3) is 0.643. The summed E-state index contributed by atoms with van der Waals surface area (Å²) < 4.78 is 0. The Morgan fingerprint density at radius 1 is 1.40 bits per heavy atom. The molecule has 0 saturated heterocycles. The second-order valence-electron chi connectivity index (χ2n) is 5.94. The van der Waals surface area contributed by atoms with Gasteiger partial charge in [0.1, 0.15) is 5.78 Å². The lowest BCUT2D eigenvalue weighted by Gasteiger charge is -2.53. The normalized spacial score (nSPS) is 51.9. The first-order valence-corrected chi connectivity index (χ1v) is 5.89. The number of carbonyl (C=O) groups is 1. The predicted molar refractivity (Wildman–Crippen MR) is 60.3 cm³/mol. The monoisotopic (exact) mass is 202 g/mol. The molecule has 1 nitrogen and oxygen atoms in total. The zero-order chi connectivity index (χ0) is 10.8. The third kappa shape index (κ3) is 0.878. The number of allylic oxidation sites excluding steroid dienone is 4. The van der Waals surface area contributed by atoms with E-state index in [9.17, 15) is 4.79 Å². The molecule has 0 aromatic carbocycles. The molecule has 80 valence electrons. The van der Waals surface area contributed by atoms with Gasteiger partial charge in [-0.15, -0.1) is 0 Å². The van der Waals surface area contributed by atoms with Crippen molar-refractivity contribution in [1.29, 1.82) is 0 Å². The quantitative estimate of drug-likeness (QED) is 0.551. The number of carbonyl (C=O) groups excluding carboxylic acids is 1. The highest BCUT2D eigenvalue weighted by molar-refractivity contribution is 5.95. The number of fused-ring (bicyclic) bond motifs is 1. The first-order valence-electron chi connectivity index (χ1n) is 5.89. The van der Waals surface area contributed by atoms with Gasteiger partial charge < -0.3 is 0 Å². The Balaban J connectivity index is 2.29. The van der Waals surface area contributed by atoms with Gasteiger partial charge in [0.05, 0.1) is 5.41 Å². The summed E-state index contributed by atoms with van der Waals surface area (Å²) in [7, 11) is 0. The molecule has 0 amide bonds. The Hall–Kier alpha value is -0.850. The lowest BCUT2D eigenvalue weighted by atomic mass is 9.48. The van der Waals surface area contributed by atoms with Crippen LogP contribution < -0.4 is 0 Å². The van der Waals surface area contributed by atoms with Gasteiger partial charge in [0.2, 0.25) is 0 Å². The second kappa shape index (κ2) is 2.45. The Kier molecular flexibility index (Phi) is 1.53. The molecule has 5 aliphatic carbocycles. The predicted octanol–water partition coefficient (Wildman–Crippen LogP) is 3.12. The van der Waals surface area contributed by atoms with Crippen LogP contribution >= 0.6 is 0 Å². The minimum atomic E-state index is -0.208. The van der Waals surface area contributed by atoms with Crippen LogP contribution in [0.1, 0.15) is 33.6 Å². The van der Waals surface area contributed by atoms with Gasteiger partial charge in [-0.25, -0.2) is 0 Å². The summed E-state index contributed by atoms with van der Waals surface area (Å²) in [4.78, 5) is 12.6. The molecule has 1 saturated carbocycles. The molecule has 4 bridgehead atoms. The van der Waals surface area contributed by atoms with E-state index in [1.54, 1.807) is 0 Å².